The lowest BCUT2D eigenvalue weighted by Gasteiger charge is -2.13. The minimum Gasteiger partial charge on any atom is -0.484 e. The van der Waals surface area contributed by atoms with Gasteiger partial charge in [0.1, 0.15) is 11.6 Å². The summed E-state index contributed by atoms with van der Waals surface area (Å²) in [4.78, 5) is 35.2. The lowest BCUT2D eigenvalue weighted by atomic mass is 10.2. The highest BCUT2D eigenvalue weighted by Gasteiger charge is 2.18. The molecule has 2 aromatic carbocycles. The maximum absolute atomic E-state index is 13.2. The van der Waals surface area contributed by atoms with Crippen molar-refractivity contribution in [3.8, 4) is 5.75 Å². The quantitative estimate of drug-likeness (QED) is 0.522. The Morgan fingerprint density at radius 2 is 1.91 bits per heavy atom. The third-order valence-electron chi connectivity index (χ3n) is 4.89. The number of benzene rings is 2. The minimum absolute atomic E-state index is 0.00312. The number of nitrogens with zero attached hydrogens (tertiary/aromatic N) is 1. The van der Waals surface area contributed by atoms with Crippen molar-refractivity contribution in [2.45, 2.75) is 25.8 Å². The Bertz CT molecular complexity index is 1030. The zero-order valence-corrected chi connectivity index (χ0v) is 20.3. The summed E-state index contributed by atoms with van der Waals surface area (Å²) in [5.41, 5.74) is 1.42. The third kappa shape index (κ3) is 8.68. The van der Waals surface area contributed by atoms with Crippen molar-refractivity contribution in [1.82, 2.24) is 15.5 Å². The predicted octanol–water partition coefficient (Wildman–Crippen LogP) is 4.20. The second-order valence-corrected chi connectivity index (χ2v) is 8.23. The molecule has 0 bridgehead atoms. The molecule has 1 aliphatic rings. The van der Waals surface area contributed by atoms with Gasteiger partial charge in [-0.25, -0.2) is 4.39 Å². The highest BCUT2D eigenvalue weighted by molar-refractivity contribution is 6.31. The molecule has 0 spiro atoms. The average Bonchev–Trinajstić information content (AvgIpc) is 3.26. The van der Waals surface area contributed by atoms with Crippen LogP contribution in [0.25, 0.3) is 0 Å². The molecule has 2 N–H and O–H groups in total. The molecule has 1 atom stereocenters. The first-order chi connectivity index (χ1) is 16.2. The van der Waals surface area contributed by atoms with Crippen molar-refractivity contribution >= 4 is 41.4 Å². The number of carbonyl (C=O) groups is 3. The summed E-state index contributed by atoms with van der Waals surface area (Å²) in [6.07, 6.45) is 3.74. The number of amides is 3. The lowest BCUT2D eigenvalue weighted by molar-refractivity contribution is -0.122. The van der Waals surface area contributed by atoms with E-state index >= 15 is 0 Å². The SMILES string of the molecule is CCN(C)C(=O)c1ccc(Cl)cc1.O=CNC1CC=C(NC(=O)COc2ccc(Cl)c(F)c2)C1. The molecule has 1 unspecified atom stereocenters. The van der Waals surface area contributed by atoms with Crippen molar-refractivity contribution in [2.24, 2.45) is 0 Å². The van der Waals surface area contributed by atoms with E-state index in [-0.39, 0.29) is 35.2 Å². The van der Waals surface area contributed by atoms with Crippen LogP contribution < -0.4 is 15.4 Å². The van der Waals surface area contributed by atoms with Gasteiger partial charge in [-0.3, -0.25) is 14.4 Å². The highest BCUT2D eigenvalue weighted by Crippen LogP contribution is 2.20. The van der Waals surface area contributed by atoms with E-state index in [0.29, 0.717) is 36.4 Å². The molecule has 1 aliphatic carbocycles. The van der Waals surface area contributed by atoms with E-state index in [1.165, 1.54) is 12.1 Å². The largest absolute Gasteiger partial charge is 0.484 e. The Morgan fingerprint density at radius 3 is 2.53 bits per heavy atom. The molecule has 10 heteroatoms. The molecule has 2 aromatic rings. The first kappa shape index (κ1) is 27.1. The Kier molecular flexibility index (Phi) is 10.8. The number of carbonyl (C=O) groups excluding carboxylic acids is 3. The monoisotopic (exact) mass is 509 g/mol. The van der Waals surface area contributed by atoms with E-state index in [1.807, 2.05) is 13.0 Å². The third-order valence-corrected chi connectivity index (χ3v) is 5.45. The molecule has 3 amide bonds. The first-order valence-corrected chi connectivity index (χ1v) is 11.3. The van der Waals surface area contributed by atoms with Crippen molar-refractivity contribution < 1.29 is 23.5 Å². The van der Waals surface area contributed by atoms with Crippen LogP contribution in [-0.2, 0) is 9.59 Å². The van der Waals surface area contributed by atoms with Gasteiger partial charge in [-0.2, -0.15) is 0 Å². The number of hydrogen-bond acceptors (Lipinski definition) is 4. The molecular formula is C24H26Cl2FN3O4. The number of halogens is 3. The van der Waals surface area contributed by atoms with Gasteiger partial charge < -0.3 is 20.3 Å². The summed E-state index contributed by atoms with van der Waals surface area (Å²) in [5, 5.41) is 5.98. The molecule has 182 valence electrons. The van der Waals surface area contributed by atoms with Crippen LogP contribution in [0.5, 0.6) is 5.75 Å². The molecule has 0 saturated heterocycles. The van der Waals surface area contributed by atoms with Gasteiger partial charge in [-0.15, -0.1) is 0 Å². The van der Waals surface area contributed by atoms with Gasteiger partial charge in [0.05, 0.1) is 5.02 Å². The lowest BCUT2D eigenvalue weighted by Crippen LogP contribution is -2.30. The summed E-state index contributed by atoms with van der Waals surface area (Å²) in [6.45, 7) is 2.42. The topological polar surface area (TPSA) is 87.7 Å². The second-order valence-electron chi connectivity index (χ2n) is 7.39. The Morgan fingerprint density at radius 1 is 1.21 bits per heavy atom. The summed E-state index contributed by atoms with van der Waals surface area (Å²) < 4.78 is 18.4. The Balaban J connectivity index is 0.000000270. The van der Waals surface area contributed by atoms with Gasteiger partial charge in [-0.1, -0.05) is 29.3 Å². The fraction of sp³-hybridized carbons (Fsp3) is 0.292. The van der Waals surface area contributed by atoms with Crippen LogP contribution in [0, 0.1) is 5.82 Å². The van der Waals surface area contributed by atoms with Crippen molar-refractivity contribution in [3.63, 3.8) is 0 Å². The van der Waals surface area contributed by atoms with Crippen LogP contribution in [0.15, 0.2) is 54.2 Å². The fourth-order valence-electron chi connectivity index (χ4n) is 2.93. The van der Waals surface area contributed by atoms with E-state index in [2.05, 4.69) is 10.6 Å². The minimum atomic E-state index is -0.601. The maximum Gasteiger partial charge on any atom is 0.262 e. The molecule has 0 aliphatic heterocycles. The van der Waals surface area contributed by atoms with Crippen molar-refractivity contribution in [2.75, 3.05) is 20.2 Å². The smallest absolute Gasteiger partial charge is 0.262 e. The number of ether oxygens (including phenoxy) is 1. The first-order valence-electron chi connectivity index (χ1n) is 10.5. The van der Waals surface area contributed by atoms with Crippen LogP contribution in [0.3, 0.4) is 0 Å². The molecule has 0 radical (unpaired) electrons. The van der Waals surface area contributed by atoms with Crippen LogP contribution >= 0.6 is 23.2 Å². The van der Waals surface area contributed by atoms with Gasteiger partial charge in [0.25, 0.3) is 11.8 Å². The Labute approximate surface area is 207 Å². The zero-order valence-electron chi connectivity index (χ0n) is 18.8. The molecule has 0 fully saturated rings. The predicted molar refractivity (Wildman–Crippen MR) is 129 cm³/mol. The van der Waals surface area contributed by atoms with Gasteiger partial charge in [-0.05, 0) is 49.7 Å². The van der Waals surface area contributed by atoms with Crippen molar-refractivity contribution in [3.05, 3.63) is 75.7 Å². The van der Waals surface area contributed by atoms with E-state index in [4.69, 9.17) is 27.9 Å². The molecule has 34 heavy (non-hydrogen) atoms. The molecule has 0 heterocycles. The van der Waals surface area contributed by atoms with Crippen LogP contribution in [0.4, 0.5) is 4.39 Å². The van der Waals surface area contributed by atoms with Gasteiger partial charge in [0.2, 0.25) is 6.41 Å². The average molecular weight is 510 g/mol. The Hall–Kier alpha value is -3.10. The number of rotatable bonds is 8. The molecule has 7 nitrogen and oxygen atoms in total. The van der Waals surface area contributed by atoms with E-state index in [1.54, 1.807) is 36.2 Å². The summed E-state index contributed by atoms with van der Waals surface area (Å²) in [6, 6.07) is 10.9. The van der Waals surface area contributed by atoms with E-state index in [0.717, 1.165) is 11.8 Å². The highest BCUT2D eigenvalue weighted by atomic mass is 35.5. The number of hydrogen-bond donors (Lipinski definition) is 2. The van der Waals surface area contributed by atoms with Gasteiger partial charge in [0.15, 0.2) is 6.61 Å². The molecule has 0 saturated carbocycles. The van der Waals surface area contributed by atoms with Crippen molar-refractivity contribution in [1.29, 1.82) is 0 Å². The van der Waals surface area contributed by atoms with E-state index < -0.39 is 5.82 Å². The van der Waals surface area contributed by atoms with Gasteiger partial charge in [0, 0.05) is 48.4 Å². The normalized spacial score (nSPS) is 14.3. The van der Waals surface area contributed by atoms with Gasteiger partial charge >= 0.3 is 0 Å². The van der Waals surface area contributed by atoms with Crippen LogP contribution in [-0.4, -0.2) is 49.4 Å². The summed E-state index contributed by atoms with van der Waals surface area (Å²) >= 11 is 11.3. The zero-order chi connectivity index (χ0) is 25.1. The fourth-order valence-corrected chi connectivity index (χ4v) is 3.17. The maximum atomic E-state index is 13.2. The van der Waals surface area contributed by atoms with E-state index in [9.17, 15) is 18.8 Å². The molecular weight excluding hydrogens is 484 g/mol. The molecule has 3 rings (SSSR count). The second kappa shape index (κ2) is 13.6. The van der Waals surface area contributed by atoms with Crippen LogP contribution in [0.2, 0.25) is 10.0 Å². The summed E-state index contributed by atoms with van der Waals surface area (Å²) in [5.74, 6) is -0.689. The molecule has 0 aromatic heterocycles. The summed E-state index contributed by atoms with van der Waals surface area (Å²) in [7, 11) is 1.77. The number of nitrogens with one attached hydrogen (secondary N) is 2. The van der Waals surface area contributed by atoms with Crippen LogP contribution in [0.1, 0.15) is 30.1 Å². The standard InChI is InChI=1S/C14H14ClFN2O3.C10H12ClNO/c15-12-4-3-11(6-13(12)16)21-7-14(20)18-10-2-1-9(5-10)17-8-19;1-3-12(2)10(13)8-4-6-9(11)7-5-8/h2-4,6,8-9H,1,5,7H2,(H,17,19)(H,18,20);4-7H,3H2,1-2H3.